The van der Waals surface area contributed by atoms with Gasteiger partial charge in [-0.3, -0.25) is 0 Å². The molecule has 2 atom stereocenters. The van der Waals surface area contributed by atoms with Gasteiger partial charge in [-0.2, -0.15) is 11.8 Å². The average molecular weight is 241 g/mol. The molecule has 1 nitrogen and oxygen atoms in total. The number of nitrogens with one attached hydrogen (secondary N) is 1. The molecule has 0 amide bonds. The van der Waals surface area contributed by atoms with E-state index in [1.54, 1.807) is 0 Å². The van der Waals surface area contributed by atoms with Gasteiger partial charge in [0.2, 0.25) is 0 Å². The minimum Gasteiger partial charge on any atom is -0.313 e. The Balaban J connectivity index is 2.44. The fourth-order valence-corrected chi connectivity index (χ4v) is 3.93. The molecule has 1 fully saturated rings. The van der Waals surface area contributed by atoms with Crippen molar-refractivity contribution in [2.24, 2.45) is 0 Å². The fraction of sp³-hybridized carbons (Fsp3) is 0.857. The second kappa shape index (κ2) is 7.39. The maximum atomic E-state index is 3.81. The van der Waals surface area contributed by atoms with Crippen LogP contribution in [-0.2, 0) is 0 Å². The van der Waals surface area contributed by atoms with E-state index in [-0.39, 0.29) is 0 Å². The Labute approximate surface area is 105 Å². The van der Waals surface area contributed by atoms with Crippen LogP contribution in [0.15, 0.2) is 12.7 Å². The van der Waals surface area contributed by atoms with Gasteiger partial charge in [-0.25, -0.2) is 0 Å². The molecule has 0 aromatic rings. The number of thioether (sulfide) groups is 1. The molecule has 1 saturated heterocycles. The maximum absolute atomic E-state index is 3.81. The maximum Gasteiger partial charge on any atom is 0.0285 e. The summed E-state index contributed by atoms with van der Waals surface area (Å²) in [6, 6.07) is 0.694. The number of unbranched alkanes of at least 4 members (excludes halogenated alkanes) is 1. The Morgan fingerprint density at radius 2 is 2.38 bits per heavy atom. The number of rotatable bonds is 8. The van der Waals surface area contributed by atoms with Crippen LogP contribution < -0.4 is 5.32 Å². The van der Waals surface area contributed by atoms with E-state index in [1.165, 1.54) is 37.9 Å². The monoisotopic (exact) mass is 241 g/mol. The molecule has 0 aliphatic carbocycles. The summed E-state index contributed by atoms with van der Waals surface area (Å²) in [6.07, 6.45) is 9.79. The Kier molecular flexibility index (Phi) is 6.52. The molecule has 16 heavy (non-hydrogen) atoms. The summed E-state index contributed by atoms with van der Waals surface area (Å²) in [4.78, 5) is 0. The van der Waals surface area contributed by atoms with Gasteiger partial charge in [0.15, 0.2) is 0 Å². The van der Waals surface area contributed by atoms with E-state index in [0.29, 0.717) is 10.8 Å². The molecule has 0 radical (unpaired) electrons. The molecular weight excluding hydrogens is 214 g/mol. The first-order chi connectivity index (χ1) is 7.73. The van der Waals surface area contributed by atoms with E-state index < -0.39 is 0 Å². The SMILES string of the molecule is C=CCCCC(NCCC)C1(C)CCCS1. The van der Waals surface area contributed by atoms with E-state index in [2.05, 4.69) is 37.5 Å². The van der Waals surface area contributed by atoms with Crippen molar-refractivity contribution in [1.82, 2.24) is 5.32 Å². The Hall–Kier alpha value is 0.0500. The van der Waals surface area contributed by atoms with Crippen molar-refractivity contribution in [3.05, 3.63) is 12.7 Å². The summed E-state index contributed by atoms with van der Waals surface area (Å²) in [6.45, 7) is 9.67. The average Bonchev–Trinajstić information content (AvgIpc) is 2.71. The van der Waals surface area contributed by atoms with Gasteiger partial charge in [-0.15, -0.1) is 6.58 Å². The van der Waals surface area contributed by atoms with Crippen molar-refractivity contribution >= 4 is 11.8 Å². The first-order valence-corrected chi connectivity index (χ1v) is 7.69. The van der Waals surface area contributed by atoms with Crippen LogP contribution in [0.2, 0.25) is 0 Å². The zero-order chi connectivity index (χ0) is 11.9. The van der Waals surface area contributed by atoms with Crippen LogP contribution in [0.1, 0.15) is 52.4 Å². The Bertz CT molecular complexity index is 197. The summed E-state index contributed by atoms with van der Waals surface area (Å²) in [7, 11) is 0. The van der Waals surface area contributed by atoms with E-state index >= 15 is 0 Å². The quantitative estimate of drug-likeness (QED) is 0.509. The lowest BCUT2D eigenvalue weighted by molar-refractivity contribution is 0.374. The summed E-state index contributed by atoms with van der Waals surface area (Å²) in [5.41, 5.74) is 0. The zero-order valence-corrected chi connectivity index (χ0v) is 11.7. The Morgan fingerprint density at radius 3 is 2.94 bits per heavy atom. The second-order valence-corrected chi connectivity index (χ2v) is 6.62. The predicted octanol–water partition coefficient (Wildman–Crippen LogP) is 4.00. The molecule has 2 unspecified atom stereocenters. The van der Waals surface area contributed by atoms with Gasteiger partial charge in [-0.1, -0.05) is 13.0 Å². The molecule has 0 aromatic carbocycles. The molecule has 1 aliphatic rings. The van der Waals surface area contributed by atoms with Gasteiger partial charge in [0.25, 0.3) is 0 Å². The Morgan fingerprint density at radius 1 is 1.56 bits per heavy atom. The van der Waals surface area contributed by atoms with Gasteiger partial charge in [0.05, 0.1) is 0 Å². The van der Waals surface area contributed by atoms with Gasteiger partial charge >= 0.3 is 0 Å². The van der Waals surface area contributed by atoms with Gasteiger partial charge in [0, 0.05) is 10.8 Å². The van der Waals surface area contributed by atoms with Crippen molar-refractivity contribution in [2.75, 3.05) is 12.3 Å². The summed E-state index contributed by atoms with van der Waals surface area (Å²) in [5.74, 6) is 1.35. The lowest BCUT2D eigenvalue weighted by Crippen LogP contribution is -2.45. The topological polar surface area (TPSA) is 12.0 Å². The first-order valence-electron chi connectivity index (χ1n) is 6.71. The van der Waals surface area contributed by atoms with Crippen molar-refractivity contribution < 1.29 is 0 Å². The number of hydrogen-bond donors (Lipinski definition) is 1. The first kappa shape index (κ1) is 14.1. The molecule has 0 spiro atoms. The third-order valence-electron chi connectivity index (χ3n) is 3.53. The molecule has 0 saturated carbocycles. The summed E-state index contributed by atoms with van der Waals surface area (Å²) < 4.78 is 0.482. The van der Waals surface area contributed by atoms with Gasteiger partial charge < -0.3 is 5.32 Å². The van der Waals surface area contributed by atoms with Crippen LogP contribution in [0, 0.1) is 0 Å². The molecule has 0 aromatic heterocycles. The smallest absolute Gasteiger partial charge is 0.0285 e. The third-order valence-corrected chi connectivity index (χ3v) is 5.17. The lowest BCUT2D eigenvalue weighted by atomic mass is 9.92. The van der Waals surface area contributed by atoms with Crippen LogP contribution in [0.3, 0.4) is 0 Å². The van der Waals surface area contributed by atoms with Crippen molar-refractivity contribution in [2.45, 2.75) is 63.2 Å². The van der Waals surface area contributed by atoms with Crippen LogP contribution in [0.4, 0.5) is 0 Å². The number of allylic oxidation sites excluding steroid dienone is 1. The molecule has 1 aliphatic heterocycles. The zero-order valence-electron chi connectivity index (χ0n) is 10.9. The minimum absolute atomic E-state index is 0.482. The molecule has 94 valence electrons. The van der Waals surface area contributed by atoms with Gasteiger partial charge in [-0.05, 0) is 57.7 Å². The predicted molar refractivity (Wildman–Crippen MR) is 76.2 cm³/mol. The molecule has 0 bridgehead atoms. The summed E-state index contributed by atoms with van der Waals surface area (Å²) >= 11 is 2.17. The van der Waals surface area contributed by atoms with E-state index in [1.807, 2.05) is 6.08 Å². The molecule has 1 heterocycles. The highest BCUT2D eigenvalue weighted by Gasteiger charge is 2.36. The van der Waals surface area contributed by atoms with E-state index in [4.69, 9.17) is 0 Å². The normalized spacial score (nSPS) is 26.9. The highest BCUT2D eigenvalue weighted by Crippen LogP contribution is 2.41. The molecule has 1 rings (SSSR count). The lowest BCUT2D eigenvalue weighted by Gasteiger charge is -2.34. The van der Waals surface area contributed by atoms with Crippen LogP contribution in [0.5, 0.6) is 0 Å². The largest absolute Gasteiger partial charge is 0.313 e. The highest BCUT2D eigenvalue weighted by atomic mass is 32.2. The highest BCUT2D eigenvalue weighted by molar-refractivity contribution is 8.00. The van der Waals surface area contributed by atoms with Crippen molar-refractivity contribution in [3.8, 4) is 0 Å². The fourth-order valence-electron chi connectivity index (χ4n) is 2.48. The van der Waals surface area contributed by atoms with Crippen molar-refractivity contribution in [3.63, 3.8) is 0 Å². The molecule has 2 heteroatoms. The van der Waals surface area contributed by atoms with Crippen LogP contribution in [-0.4, -0.2) is 23.1 Å². The van der Waals surface area contributed by atoms with E-state index in [9.17, 15) is 0 Å². The third kappa shape index (κ3) is 4.14. The van der Waals surface area contributed by atoms with Crippen LogP contribution in [0.25, 0.3) is 0 Å². The standard InChI is InChI=1S/C14H27NS/c1-4-6-7-9-13(15-11-5-2)14(3)10-8-12-16-14/h4,13,15H,1,5-12H2,2-3H3. The van der Waals surface area contributed by atoms with E-state index in [0.717, 1.165) is 13.0 Å². The summed E-state index contributed by atoms with van der Waals surface area (Å²) in [5, 5.41) is 3.76. The molecular formula is C14H27NS. The van der Waals surface area contributed by atoms with Crippen LogP contribution >= 0.6 is 11.8 Å². The number of hydrogen-bond acceptors (Lipinski definition) is 2. The molecule has 1 N–H and O–H groups in total. The second-order valence-electron chi connectivity index (χ2n) is 4.99. The van der Waals surface area contributed by atoms with Gasteiger partial charge in [0.1, 0.15) is 0 Å². The van der Waals surface area contributed by atoms with Crippen molar-refractivity contribution in [1.29, 1.82) is 0 Å². The minimum atomic E-state index is 0.482.